The molecule has 1 aromatic rings. The number of carbonyl (C=O) groups is 1. The first-order chi connectivity index (χ1) is 9.61. The average Bonchev–Trinajstić information content (AvgIpc) is 2.48. The Bertz CT molecular complexity index is 475. The van der Waals surface area contributed by atoms with E-state index in [-0.39, 0.29) is 18.1 Å². The number of carbonyl (C=O) groups excluding carboxylic acids is 1. The summed E-state index contributed by atoms with van der Waals surface area (Å²) in [5, 5.41) is 2.67. The molecule has 1 aromatic carbocycles. The van der Waals surface area contributed by atoms with Crippen LogP contribution in [0.5, 0.6) is 0 Å². The van der Waals surface area contributed by atoms with Crippen molar-refractivity contribution in [1.82, 2.24) is 5.32 Å². The predicted molar refractivity (Wildman–Crippen MR) is 68.1 cm³/mol. The molecule has 1 amide bonds. The van der Waals surface area contributed by atoms with E-state index in [1.807, 2.05) is 0 Å². The summed E-state index contributed by atoms with van der Waals surface area (Å²) in [6, 6.07) is 2.61. The van der Waals surface area contributed by atoms with E-state index < -0.39 is 23.8 Å². The Balaban J connectivity index is 2.08. The Morgan fingerprint density at radius 2 is 2.25 bits per heavy atom. The van der Waals surface area contributed by atoms with Crippen LogP contribution in [0.1, 0.15) is 24.9 Å². The van der Waals surface area contributed by atoms with Crippen molar-refractivity contribution in [3.63, 3.8) is 0 Å². The van der Waals surface area contributed by atoms with Crippen LogP contribution >= 0.6 is 0 Å². The van der Waals surface area contributed by atoms with Gasteiger partial charge in [0.25, 0.3) is 5.91 Å². The number of hydrogen-bond donors (Lipinski definition) is 1. The molecule has 0 bridgehead atoms. The number of rotatable bonds is 4. The molecule has 1 heterocycles. The molecule has 20 heavy (non-hydrogen) atoms. The molecule has 1 aliphatic rings. The summed E-state index contributed by atoms with van der Waals surface area (Å²) in [4.78, 5) is 12.0. The van der Waals surface area contributed by atoms with Crippen molar-refractivity contribution in [3.8, 4) is 0 Å². The van der Waals surface area contributed by atoms with Gasteiger partial charge in [0.15, 0.2) is 6.10 Å². The fourth-order valence-electron chi connectivity index (χ4n) is 2.09. The van der Waals surface area contributed by atoms with E-state index in [0.717, 1.165) is 18.2 Å². The summed E-state index contributed by atoms with van der Waals surface area (Å²) < 4.78 is 37.4. The van der Waals surface area contributed by atoms with Crippen LogP contribution in [0.15, 0.2) is 18.2 Å². The maximum atomic E-state index is 13.7. The summed E-state index contributed by atoms with van der Waals surface area (Å²) in [6.07, 6.45) is -0.255. The first kappa shape index (κ1) is 14.9. The van der Waals surface area contributed by atoms with Crippen LogP contribution in [0, 0.1) is 11.6 Å². The second kappa shape index (κ2) is 6.76. The van der Waals surface area contributed by atoms with Crippen molar-refractivity contribution in [1.29, 1.82) is 0 Å². The first-order valence-electron chi connectivity index (χ1n) is 6.56. The Labute approximate surface area is 116 Å². The van der Waals surface area contributed by atoms with Gasteiger partial charge < -0.3 is 14.8 Å². The highest BCUT2D eigenvalue weighted by Gasteiger charge is 2.26. The van der Waals surface area contributed by atoms with Crippen LogP contribution in [-0.2, 0) is 14.3 Å². The molecule has 1 aliphatic heterocycles. The lowest BCUT2D eigenvalue weighted by Gasteiger charge is -2.25. The number of halogens is 2. The summed E-state index contributed by atoms with van der Waals surface area (Å²) in [6.45, 7) is 2.77. The van der Waals surface area contributed by atoms with E-state index in [0.29, 0.717) is 19.6 Å². The van der Waals surface area contributed by atoms with Gasteiger partial charge in [0.2, 0.25) is 0 Å². The zero-order valence-corrected chi connectivity index (χ0v) is 11.2. The highest BCUT2D eigenvalue weighted by molar-refractivity contribution is 5.81. The van der Waals surface area contributed by atoms with E-state index in [1.54, 1.807) is 6.92 Å². The maximum Gasteiger partial charge on any atom is 0.252 e. The second-order valence-corrected chi connectivity index (χ2v) is 4.57. The van der Waals surface area contributed by atoms with E-state index in [9.17, 15) is 13.6 Å². The lowest BCUT2D eigenvalue weighted by atomic mass is 10.0. The van der Waals surface area contributed by atoms with Crippen LogP contribution in [0.4, 0.5) is 8.78 Å². The Hall–Kier alpha value is -1.53. The van der Waals surface area contributed by atoms with E-state index in [4.69, 9.17) is 9.47 Å². The lowest BCUT2D eigenvalue weighted by molar-refractivity contribution is -0.148. The zero-order valence-electron chi connectivity index (χ0n) is 11.2. The van der Waals surface area contributed by atoms with Crippen molar-refractivity contribution < 1.29 is 23.0 Å². The van der Waals surface area contributed by atoms with Gasteiger partial charge in [-0.2, -0.15) is 0 Å². The van der Waals surface area contributed by atoms with E-state index in [1.165, 1.54) is 0 Å². The quantitative estimate of drug-likeness (QED) is 0.919. The van der Waals surface area contributed by atoms with Crippen molar-refractivity contribution in [2.24, 2.45) is 0 Å². The standard InChI is InChI=1S/C14H17F2NO3/c1-2-12(10-7-9(15)3-4-11(10)16)17-14(18)13-8-19-5-6-20-13/h3-4,7,12-13H,2,5-6,8H2,1H3,(H,17,18)/t12-,13+/m1/s1. The Kier molecular flexibility index (Phi) is 5.03. The van der Waals surface area contributed by atoms with Crippen LogP contribution in [0.2, 0.25) is 0 Å². The summed E-state index contributed by atoms with van der Waals surface area (Å²) in [7, 11) is 0. The molecule has 4 nitrogen and oxygen atoms in total. The van der Waals surface area contributed by atoms with Crippen LogP contribution < -0.4 is 5.32 Å². The Morgan fingerprint density at radius 3 is 2.90 bits per heavy atom. The number of nitrogens with one attached hydrogen (secondary N) is 1. The third kappa shape index (κ3) is 3.52. The van der Waals surface area contributed by atoms with E-state index >= 15 is 0 Å². The van der Waals surface area contributed by atoms with Gasteiger partial charge in [-0.05, 0) is 24.6 Å². The predicted octanol–water partition coefficient (Wildman–Crippen LogP) is 1.95. The monoisotopic (exact) mass is 285 g/mol. The number of benzene rings is 1. The molecule has 0 spiro atoms. The zero-order chi connectivity index (χ0) is 14.5. The molecule has 2 atom stereocenters. The third-order valence-electron chi connectivity index (χ3n) is 3.17. The molecule has 110 valence electrons. The SMILES string of the molecule is CC[C@@H](NC(=O)[C@@H]1COCCO1)c1cc(F)ccc1F. The van der Waals surface area contributed by atoms with Crippen LogP contribution in [0.3, 0.4) is 0 Å². The minimum atomic E-state index is -0.700. The van der Waals surface area contributed by atoms with Gasteiger partial charge in [-0.3, -0.25) is 4.79 Å². The molecule has 2 rings (SSSR count). The molecule has 0 radical (unpaired) electrons. The summed E-state index contributed by atoms with van der Waals surface area (Å²) in [5.41, 5.74) is 0.137. The van der Waals surface area contributed by atoms with Gasteiger partial charge in [0.05, 0.1) is 25.9 Å². The van der Waals surface area contributed by atoms with Crippen molar-refractivity contribution in [2.45, 2.75) is 25.5 Å². The van der Waals surface area contributed by atoms with E-state index in [2.05, 4.69) is 5.32 Å². The van der Waals surface area contributed by atoms with Crippen LogP contribution in [-0.4, -0.2) is 31.8 Å². The van der Waals surface area contributed by atoms with Gasteiger partial charge in [-0.15, -0.1) is 0 Å². The van der Waals surface area contributed by atoms with Gasteiger partial charge in [-0.1, -0.05) is 6.92 Å². The average molecular weight is 285 g/mol. The summed E-state index contributed by atoms with van der Waals surface area (Å²) in [5.74, 6) is -1.45. The van der Waals surface area contributed by atoms with Gasteiger partial charge in [-0.25, -0.2) is 8.78 Å². The van der Waals surface area contributed by atoms with Crippen LogP contribution in [0.25, 0.3) is 0 Å². The van der Waals surface area contributed by atoms with Gasteiger partial charge in [0, 0.05) is 5.56 Å². The highest BCUT2D eigenvalue weighted by atomic mass is 19.1. The molecule has 0 saturated carbocycles. The molecule has 6 heteroatoms. The largest absolute Gasteiger partial charge is 0.376 e. The van der Waals surface area contributed by atoms with Crippen molar-refractivity contribution in [2.75, 3.05) is 19.8 Å². The first-order valence-corrected chi connectivity index (χ1v) is 6.56. The second-order valence-electron chi connectivity index (χ2n) is 4.57. The molecular weight excluding hydrogens is 268 g/mol. The smallest absolute Gasteiger partial charge is 0.252 e. The third-order valence-corrected chi connectivity index (χ3v) is 3.17. The fourth-order valence-corrected chi connectivity index (χ4v) is 2.09. The molecule has 0 unspecified atom stereocenters. The number of amides is 1. The number of hydrogen-bond acceptors (Lipinski definition) is 3. The molecule has 0 aromatic heterocycles. The molecule has 0 aliphatic carbocycles. The molecular formula is C14H17F2NO3. The molecule has 1 fully saturated rings. The molecule has 1 N–H and O–H groups in total. The lowest BCUT2D eigenvalue weighted by Crippen LogP contribution is -2.44. The van der Waals surface area contributed by atoms with Crippen molar-refractivity contribution in [3.05, 3.63) is 35.4 Å². The minimum absolute atomic E-state index is 0.137. The minimum Gasteiger partial charge on any atom is -0.376 e. The topological polar surface area (TPSA) is 47.6 Å². The van der Waals surface area contributed by atoms with Crippen molar-refractivity contribution >= 4 is 5.91 Å². The number of ether oxygens (including phenoxy) is 2. The normalized spacial score (nSPS) is 20.4. The highest BCUT2D eigenvalue weighted by Crippen LogP contribution is 2.21. The summed E-state index contributed by atoms with van der Waals surface area (Å²) >= 11 is 0. The van der Waals surface area contributed by atoms with Gasteiger partial charge >= 0.3 is 0 Å². The molecule has 1 saturated heterocycles. The Morgan fingerprint density at radius 1 is 1.45 bits per heavy atom. The maximum absolute atomic E-state index is 13.7. The van der Waals surface area contributed by atoms with Gasteiger partial charge in [0.1, 0.15) is 11.6 Å². The fraction of sp³-hybridized carbons (Fsp3) is 0.500.